The van der Waals surface area contributed by atoms with E-state index in [2.05, 4.69) is 21.4 Å². The molecule has 4 aromatic rings. The summed E-state index contributed by atoms with van der Waals surface area (Å²) >= 11 is 0. The summed E-state index contributed by atoms with van der Waals surface area (Å²) in [4.78, 5) is 19.1. The van der Waals surface area contributed by atoms with Gasteiger partial charge in [-0.2, -0.15) is 0 Å². The number of hydrogen-bond acceptors (Lipinski definition) is 3. The van der Waals surface area contributed by atoms with Crippen molar-refractivity contribution in [2.45, 2.75) is 0 Å². The monoisotopic (exact) mass is 370 g/mol. The average Bonchev–Trinajstić information content (AvgIpc) is 3.41. The van der Waals surface area contributed by atoms with Crippen molar-refractivity contribution in [2.24, 2.45) is 0 Å². The molecule has 5 N–H and O–H groups in total. The van der Waals surface area contributed by atoms with Crippen molar-refractivity contribution in [1.82, 2.24) is 9.97 Å². The Morgan fingerprint density at radius 3 is 2.71 bits per heavy atom. The second-order valence-electron chi connectivity index (χ2n) is 6.70. The fourth-order valence-corrected chi connectivity index (χ4v) is 3.76. The van der Waals surface area contributed by atoms with E-state index in [0.717, 1.165) is 39.0 Å². The minimum absolute atomic E-state index is 0.167. The number of H-pyrrole nitrogens is 2. The third-order valence-corrected chi connectivity index (χ3v) is 5.09. The first-order chi connectivity index (χ1) is 13.7. The standard InChI is InChI=1S/C22H18N4O2/c1-28-19-7-9-25-18(19)11-14-21-16(26-22(14)27)5-4-15(23)20(21)13-3-2-12-6-8-24-17(12)10-13/h2-11,24-25H,23H2,1H3,(H,26,27). The molecule has 0 saturated carbocycles. The number of hydrogen-bond donors (Lipinski definition) is 4. The van der Waals surface area contributed by atoms with Gasteiger partial charge in [-0.25, -0.2) is 0 Å². The highest BCUT2D eigenvalue weighted by atomic mass is 16.5. The van der Waals surface area contributed by atoms with Gasteiger partial charge < -0.3 is 25.8 Å². The number of amides is 1. The molecule has 0 bridgehead atoms. The molecule has 1 aliphatic heterocycles. The molecular formula is C22H18N4O2. The van der Waals surface area contributed by atoms with Gasteiger partial charge in [-0.05, 0) is 47.4 Å². The van der Waals surface area contributed by atoms with Crippen LogP contribution in [0.25, 0.3) is 33.7 Å². The molecule has 138 valence electrons. The Hall–Kier alpha value is -3.93. The van der Waals surface area contributed by atoms with Crippen molar-refractivity contribution in [3.63, 3.8) is 0 Å². The Morgan fingerprint density at radius 1 is 1.00 bits per heavy atom. The molecule has 0 atom stereocenters. The van der Waals surface area contributed by atoms with E-state index in [4.69, 9.17) is 10.5 Å². The first-order valence-electron chi connectivity index (χ1n) is 8.90. The van der Waals surface area contributed by atoms with Crippen molar-refractivity contribution in [2.75, 3.05) is 18.2 Å². The van der Waals surface area contributed by atoms with Crippen LogP contribution in [0.5, 0.6) is 5.75 Å². The van der Waals surface area contributed by atoms with Crippen LogP contribution in [0, 0.1) is 0 Å². The van der Waals surface area contributed by atoms with Crippen LogP contribution < -0.4 is 15.8 Å². The van der Waals surface area contributed by atoms with Gasteiger partial charge in [0.15, 0.2) is 0 Å². The molecule has 1 aliphatic rings. The van der Waals surface area contributed by atoms with E-state index in [-0.39, 0.29) is 5.91 Å². The number of benzene rings is 2. The number of methoxy groups -OCH3 is 1. The lowest BCUT2D eigenvalue weighted by Gasteiger charge is -2.12. The zero-order chi connectivity index (χ0) is 19.3. The number of ether oxygens (including phenoxy) is 1. The van der Waals surface area contributed by atoms with Crippen molar-refractivity contribution >= 4 is 39.8 Å². The van der Waals surface area contributed by atoms with Gasteiger partial charge in [0, 0.05) is 40.4 Å². The second kappa shape index (κ2) is 6.06. The topological polar surface area (TPSA) is 95.9 Å². The van der Waals surface area contributed by atoms with Crippen LogP contribution in [0.3, 0.4) is 0 Å². The number of nitrogens with two attached hydrogens (primary N) is 1. The quantitative estimate of drug-likeness (QED) is 0.321. The van der Waals surface area contributed by atoms with Gasteiger partial charge in [-0.1, -0.05) is 12.1 Å². The molecule has 6 nitrogen and oxygen atoms in total. The van der Waals surface area contributed by atoms with Crippen LogP contribution in [0.1, 0.15) is 11.3 Å². The van der Waals surface area contributed by atoms with E-state index in [1.165, 1.54) is 0 Å². The Kier molecular flexibility index (Phi) is 3.52. The number of anilines is 2. The summed E-state index contributed by atoms with van der Waals surface area (Å²) in [5.41, 5.74) is 12.6. The number of carbonyl (C=O) groups excluding carboxylic acids is 1. The highest BCUT2D eigenvalue weighted by molar-refractivity contribution is 6.36. The number of fused-ring (bicyclic) bond motifs is 2. The van der Waals surface area contributed by atoms with Crippen LogP contribution in [0.2, 0.25) is 0 Å². The maximum absolute atomic E-state index is 12.7. The first-order valence-corrected chi connectivity index (χ1v) is 8.90. The van der Waals surface area contributed by atoms with Crippen molar-refractivity contribution < 1.29 is 9.53 Å². The molecule has 1 amide bonds. The van der Waals surface area contributed by atoms with Crippen molar-refractivity contribution in [3.05, 3.63) is 66.1 Å². The lowest BCUT2D eigenvalue weighted by molar-refractivity contribution is -0.110. The third kappa shape index (κ3) is 2.39. The predicted molar refractivity (Wildman–Crippen MR) is 112 cm³/mol. The van der Waals surface area contributed by atoms with E-state index in [9.17, 15) is 4.79 Å². The molecule has 0 aliphatic carbocycles. The summed E-state index contributed by atoms with van der Waals surface area (Å²) < 4.78 is 5.36. The highest BCUT2D eigenvalue weighted by Gasteiger charge is 2.29. The molecule has 6 heteroatoms. The van der Waals surface area contributed by atoms with E-state index < -0.39 is 0 Å². The molecule has 0 fully saturated rings. The normalized spacial score (nSPS) is 14.5. The predicted octanol–water partition coefficient (Wildman–Crippen LogP) is 4.25. The summed E-state index contributed by atoms with van der Waals surface area (Å²) in [5, 5.41) is 4.06. The molecule has 0 saturated heterocycles. The lowest BCUT2D eigenvalue weighted by atomic mass is 9.92. The van der Waals surface area contributed by atoms with Gasteiger partial charge in [0.25, 0.3) is 5.91 Å². The zero-order valence-corrected chi connectivity index (χ0v) is 15.2. The fourth-order valence-electron chi connectivity index (χ4n) is 3.76. The van der Waals surface area contributed by atoms with Crippen LogP contribution in [0.15, 0.2) is 54.9 Å². The average molecular weight is 370 g/mol. The highest BCUT2D eigenvalue weighted by Crippen LogP contribution is 2.44. The molecule has 0 spiro atoms. The van der Waals surface area contributed by atoms with Crippen LogP contribution in [-0.4, -0.2) is 23.0 Å². The van der Waals surface area contributed by atoms with Gasteiger partial charge in [-0.15, -0.1) is 0 Å². The van der Waals surface area contributed by atoms with E-state index >= 15 is 0 Å². The van der Waals surface area contributed by atoms with E-state index in [0.29, 0.717) is 17.0 Å². The summed E-state index contributed by atoms with van der Waals surface area (Å²) in [5.74, 6) is 0.506. The summed E-state index contributed by atoms with van der Waals surface area (Å²) in [6, 6.07) is 13.6. The van der Waals surface area contributed by atoms with Gasteiger partial charge in [0.1, 0.15) is 5.75 Å². The molecule has 2 aromatic carbocycles. The molecule has 5 rings (SSSR count). The third-order valence-electron chi connectivity index (χ3n) is 5.09. The lowest BCUT2D eigenvalue weighted by Crippen LogP contribution is -2.03. The fraction of sp³-hybridized carbons (Fsp3) is 0.0455. The van der Waals surface area contributed by atoms with Gasteiger partial charge in [0.2, 0.25) is 0 Å². The zero-order valence-electron chi connectivity index (χ0n) is 15.2. The maximum Gasteiger partial charge on any atom is 0.256 e. The first kappa shape index (κ1) is 16.3. The number of carbonyl (C=O) groups is 1. The minimum Gasteiger partial charge on any atom is -0.495 e. The molecular weight excluding hydrogens is 352 g/mol. The smallest absolute Gasteiger partial charge is 0.256 e. The van der Waals surface area contributed by atoms with Crippen LogP contribution in [0.4, 0.5) is 11.4 Å². The molecule has 28 heavy (non-hydrogen) atoms. The van der Waals surface area contributed by atoms with Gasteiger partial charge in [-0.3, -0.25) is 4.79 Å². The number of rotatable bonds is 3. The molecule has 2 aromatic heterocycles. The Balaban J connectivity index is 1.75. The summed E-state index contributed by atoms with van der Waals surface area (Å²) in [6.45, 7) is 0. The Labute approximate surface area is 161 Å². The number of aromatic nitrogens is 2. The minimum atomic E-state index is -0.167. The van der Waals surface area contributed by atoms with Gasteiger partial charge in [0.05, 0.1) is 18.4 Å². The second-order valence-corrected chi connectivity index (χ2v) is 6.70. The molecule has 0 unspecified atom stereocenters. The van der Waals surface area contributed by atoms with Crippen molar-refractivity contribution in [3.8, 4) is 16.9 Å². The Morgan fingerprint density at radius 2 is 1.86 bits per heavy atom. The van der Waals surface area contributed by atoms with Gasteiger partial charge >= 0.3 is 0 Å². The van der Waals surface area contributed by atoms with E-state index in [1.54, 1.807) is 19.4 Å². The summed E-state index contributed by atoms with van der Waals surface area (Å²) in [6.07, 6.45) is 5.48. The number of nitrogens with one attached hydrogen (secondary N) is 3. The van der Waals surface area contributed by atoms with Crippen LogP contribution in [-0.2, 0) is 4.79 Å². The maximum atomic E-state index is 12.7. The SMILES string of the molecule is COc1cc[nH]c1C=C1C(=O)Nc2ccc(N)c(-c3ccc4cc[nH]c4c3)c21. The van der Waals surface area contributed by atoms with Crippen molar-refractivity contribution in [1.29, 1.82) is 0 Å². The molecule has 3 heterocycles. The largest absolute Gasteiger partial charge is 0.495 e. The molecule has 0 radical (unpaired) electrons. The summed E-state index contributed by atoms with van der Waals surface area (Å²) in [7, 11) is 1.60. The van der Waals surface area contributed by atoms with E-state index in [1.807, 2.05) is 42.6 Å². The van der Waals surface area contributed by atoms with Crippen LogP contribution >= 0.6 is 0 Å². The number of nitrogen functional groups attached to an aromatic ring is 1. The Bertz CT molecular complexity index is 1260. The number of aromatic amines is 2.